The van der Waals surface area contributed by atoms with E-state index in [2.05, 4.69) is 5.32 Å². The van der Waals surface area contributed by atoms with E-state index in [1.165, 1.54) is 4.90 Å². The molecule has 0 unspecified atom stereocenters. The van der Waals surface area contributed by atoms with Crippen LogP contribution in [0.3, 0.4) is 0 Å². The lowest BCUT2D eigenvalue weighted by molar-refractivity contribution is -0.140. The summed E-state index contributed by atoms with van der Waals surface area (Å²) in [7, 11) is -4.09. The predicted molar refractivity (Wildman–Crippen MR) is 152 cm³/mol. The van der Waals surface area contributed by atoms with Gasteiger partial charge >= 0.3 is 0 Å². The van der Waals surface area contributed by atoms with Gasteiger partial charge in [-0.1, -0.05) is 67.1 Å². The number of halogens is 2. The number of carbonyl (C=O) groups excluding carboxylic acids is 2. The van der Waals surface area contributed by atoms with Crippen molar-refractivity contribution >= 4 is 27.5 Å². The molecule has 0 saturated heterocycles. The van der Waals surface area contributed by atoms with Crippen molar-refractivity contribution in [2.24, 2.45) is 0 Å². The summed E-state index contributed by atoms with van der Waals surface area (Å²) in [6.07, 6.45) is 1.74. The van der Waals surface area contributed by atoms with E-state index in [1.807, 2.05) is 75.4 Å². The van der Waals surface area contributed by atoms with Gasteiger partial charge in [-0.05, 0) is 43.5 Å². The number of benzene rings is 3. The van der Waals surface area contributed by atoms with E-state index in [-0.39, 0.29) is 30.6 Å². The zero-order chi connectivity index (χ0) is 29.4. The number of nitrogens with zero attached hydrogens (tertiary/aromatic N) is 2. The van der Waals surface area contributed by atoms with Crippen molar-refractivity contribution in [3.8, 4) is 0 Å². The SMILES string of the molecule is CC[C@H](C)NC(=O)[C@H](Cc1ccccc1)N(Cc1ccc(C)cc1)C(=O)CN(c1ccc(F)c(F)c1)S(C)(=O)=O. The second kappa shape index (κ2) is 13.5. The molecule has 2 atom stereocenters. The third kappa shape index (κ3) is 8.35. The molecule has 0 aliphatic heterocycles. The van der Waals surface area contributed by atoms with Crippen LogP contribution >= 0.6 is 0 Å². The van der Waals surface area contributed by atoms with E-state index in [9.17, 15) is 26.8 Å². The van der Waals surface area contributed by atoms with Gasteiger partial charge in [0.25, 0.3) is 0 Å². The first-order valence-electron chi connectivity index (χ1n) is 13.0. The largest absolute Gasteiger partial charge is 0.352 e. The number of hydrogen-bond donors (Lipinski definition) is 1. The molecule has 3 rings (SSSR count). The molecular weight excluding hydrogens is 536 g/mol. The molecule has 0 spiro atoms. The summed E-state index contributed by atoms with van der Waals surface area (Å²) in [5.41, 5.74) is 2.37. The van der Waals surface area contributed by atoms with E-state index < -0.39 is 40.2 Å². The molecule has 7 nitrogen and oxygen atoms in total. The third-order valence-corrected chi connectivity index (χ3v) is 7.76. The van der Waals surface area contributed by atoms with Crippen molar-refractivity contribution in [1.82, 2.24) is 10.2 Å². The van der Waals surface area contributed by atoms with Crippen molar-refractivity contribution < 1.29 is 26.8 Å². The summed E-state index contributed by atoms with van der Waals surface area (Å²) in [4.78, 5) is 28.9. The fourth-order valence-corrected chi connectivity index (χ4v) is 4.98. The van der Waals surface area contributed by atoms with Crippen molar-refractivity contribution in [1.29, 1.82) is 0 Å². The Morgan fingerprint density at radius 3 is 2.15 bits per heavy atom. The molecule has 0 aliphatic rings. The van der Waals surface area contributed by atoms with Gasteiger partial charge in [-0.3, -0.25) is 13.9 Å². The molecule has 0 aliphatic carbocycles. The summed E-state index contributed by atoms with van der Waals surface area (Å²) in [5.74, 6) is -3.44. The van der Waals surface area contributed by atoms with Crippen LogP contribution in [0.1, 0.15) is 37.0 Å². The molecule has 40 heavy (non-hydrogen) atoms. The van der Waals surface area contributed by atoms with Crippen LogP contribution in [0.15, 0.2) is 72.8 Å². The molecule has 3 aromatic rings. The number of carbonyl (C=O) groups is 2. The molecule has 0 radical (unpaired) electrons. The highest BCUT2D eigenvalue weighted by atomic mass is 32.2. The number of hydrogen-bond acceptors (Lipinski definition) is 4. The molecule has 0 saturated carbocycles. The minimum atomic E-state index is -4.09. The highest BCUT2D eigenvalue weighted by molar-refractivity contribution is 7.92. The Labute approximate surface area is 234 Å². The van der Waals surface area contributed by atoms with Gasteiger partial charge in [0.15, 0.2) is 11.6 Å². The highest BCUT2D eigenvalue weighted by Crippen LogP contribution is 2.22. The van der Waals surface area contributed by atoms with Crippen LogP contribution in [0, 0.1) is 18.6 Å². The zero-order valence-corrected chi connectivity index (χ0v) is 23.9. The van der Waals surface area contributed by atoms with Crippen LogP contribution in [0.4, 0.5) is 14.5 Å². The molecule has 10 heteroatoms. The van der Waals surface area contributed by atoms with E-state index >= 15 is 0 Å². The maximum Gasteiger partial charge on any atom is 0.244 e. The summed E-state index contributed by atoms with van der Waals surface area (Å²) in [5, 5.41) is 2.95. The molecule has 0 heterocycles. The third-order valence-electron chi connectivity index (χ3n) is 6.62. The van der Waals surface area contributed by atoms with Crippen LogP contribution in [-0.4, -0.2) is 50.0 Å². The van der Waals surface area contributed by atoms with E-state index in [0.717, 1.165) is 41.1 Å². The first kappa shape index (κ1) is 30.7. The summed E-state index contributed by atoms with van der Waals surface area (Å²) in [6, 6.07) is 18.1. The number of rotatable bonds is 12. The Hall–Kier alpha value is -3.79. The minimum Gasteiger partial charge on any atom is -0.352 e. The number of sulfonamides is 1. The topological polar surface area (TPSA) is 86.8 Å². The molecule has 0 aromatic heterocycles. The predicted octanol–water partition coefficient (Wildman–Crippen LogP) is 4.59. The normalized spacial score (nSPS) is 12.8. The van der Waals surface area contributed by atoms with Gasteiger partial charge in [0.2, 0.25) is 21.8 Å². The highest BCUT2D eigenvalue weighted by Gasteiger charge is 2.33. The van der Waals surface area contributed by atoms with Gasteiger partial charge < -0.3 is 10.2 Å². The number of amides is 2. The van der Waals surface area contributed by atoms with Gasteiger partial charge in [-0.25, -0.2) is 17.2 Å². The Morgan fingerprint density at radius 2 is 1.57 bits per heavy atom. The number of aryl methyl sites for hydroxylation is 1. The smallest absolute Gasteiger partial charge is 0.244 e. The fourth-order valence-electron chi connectivity index (χ4n) is 4.14. The molecule has 2 amide bonds. The van der Waals surface area contributed by atoms with Crippen molar-refractivity contribution in [2.45, 2.75) is 52.2 Å². The standard InChI is InChI=1S/C30H35F2N3O4S/c1-5-22(3)33-30(37)28(17-23-9-7-6-8-10-23)34(19-24-13-11-21(2)12-14-24)29(36)20-35(40(4,38)39)25-15-16-26(31)27(32)18-25/h6-16,18,22,28H,5,17,19-20H2,1-4H3,(H,33,37)/t22-,28-/m0/s1. The Kier molecular flexibility index (Phi) is 10.4. The summed E-state index contributed by atoms with van der Waals surface area (Å²) in [6.45, 7) is 5.03. The molecule has 3 aromatic carbocycles. The van der Waals surface area contributed by atoms with Crippen molar-refractivity contribution in [3.63, 3.8) is 0 Å². The average Bonchev–Trinajstić information content (AvgIpc) is 2.91. The Bertz CT molecular complexity index is 1420. The molecule has 0 fully saturated rings. The van der Waals surface area contributed by atoms with Gasteiger partial charge in [0, 0.05) is 25.1 Å². The van der Waals surface area contributed by atoms with Gasteiger partial charge in [-0.15, -0.1) is 0 Å². The van der Waals surface area contributed by atoms with Crippen LogP contribution in [0.2, 0.25) is 0 Å². The quantitative estimate of drug-likeness (QED) is 0.345. The Morgan fingerprint density at radius 1 is 0.925 bits per heavy atom. The average molecular weight is 572 g/mol. The minimum absolute atomic E-state index is 0.0277. The van der Waals surface area contributed by atoms with Crippen LogP contribution in [0.25, 0.3) is 0 Å². The van der Waals surface area contributed by atoms with E-state index in [1.54, 1.807) is 0 Å². The first-order valence-corrected chi connectivity index (χ1v) is 14.9. The van der Waals surface area contributed by atoms with E-state index in [4.69, 9.17) is 0 Å². The molecular formula is C30H35F2N3O4S. The summed E-state index contributed by atoms with van der Waals surface area (Å²) >= 11 is 0. The maximum absolute atomic E-state index is 14.0. The van der Waals surface area contributed by atoms with Crippen LogP contribution in [-0.2, 0) is 32.6 Å². The molecule has 1 N–H and O–H groups in total. The lowest BCUT2D eigenvalue weighted by atomic mass is 10.0. The van der Waals surface area contributed by atoms with Crippen LogP contribution in [0.5, 0.6) is 0 Å². The second-order valence-electron chi connectivity index (χ2n) is 9.90. The van der Waals surface area contributed by atoms with Gasteiger partial charge in [0.1, 0.15) is 12.6 Å². The van der Waals surface area contributed by atoms with Gasteiger partial charge in [-0.2, -0.15) is 0 Å². The molecule has 214 valence electrons. The summed E-state index contributed by atoms with van der Waals surface area (Å²) < 4.78 is 53.8. The second-order valence-corrected chi connectivity index (χ2v) is 11.8. The lowest BCUT2D eigenvalue weighted by Crippen LogP contribution is -2.54. The maximum atomic E-state index is 14.0. The number of anilines is 1. The van der Waals surface area contributed by atoms with Gasteiger partial charge in [0.05, 0.1) is 11.9 Å². The van der Waals surface area contributed by atoms with Crippen molar-refractivity contribution in [2.75, 3.05) is 17.1 Å². The van der Waals surface area contributed by atoms with Crippen molar-refractivity contribution in [3.05, 3.63) is 101 Å². The Balaban J connectivity index is 2.06. The zero-order valence-electron chi connectivity index (χ0n) is 23.1. The fraction of sp³-hybridized carbons (Fsp3) is 0.333. The van der Waals surface area contributed by atoms with Crippen LogP contribution < -0.4 is 9.62 Å². The molecule has 0 bridgehead atoms. The first-order chi connectivity index (χ1) is 18.9. The lowest BCUT2D eigenvalue weighted by Gasteiger charge is -2.34. The number of nitrogens with one attached hydrogen (secondary N) is 1. The van der Waals surface area contributed by atoms with E-state index in [0.29, 0.717) is 10.7 Å². The monoisotopic (exact) mass is 571 g/mol.